The number of nitrogens with zero attached hydrogens (tertiary/aromatic N) is 4. The van der Waals surface area contributed by atoms with Crippen molar-refractivity contribution in [2.24, 2.45) is 0 Å². The van der Waals surface area contributed by atoms with Crippen LogP contribution < -0.4 is 15.9 Å². The van der Waals surface area contributed by atoms with Gasteiger partial charge in [-0.1, -0.05) is 0 Å². The molecule has 0 fully saturated rings. The Balaban J connectivity index is 1.91. The summed E-state index contributed by atoms with van der Waals surface area (Å²) in [7, 11) is 0. The molecule has 1 aliphatic rings. The lowest BCUT2D eigenvalue weighted by Crippen LogP contribution is -2.21. The Bertz CT molecular complexity index is 1330. The number of imidazole rings is 1. The van der Waals surface area contributed by atoms with Crippen molar-refractivity contribution >= 4 is 22.2 Å². The maximum atomic E-state index is 12.7. The zero-order chi connectivity index (χ0) is 19.4. The lowest BCUT2D eigenvalue weighted by atomic mass is 10.1. The van der Waals surface area contributed by atoms with Crippen LogP contribution in [0, 0.1) is 0 Å². The minimum atomic E-state index is -0.354. The molecule has 0 aromatic carbocycles. The molecule has 2 atom stereocenters. The number of H-pyrrole nitrogens is 1. The van der Waals surface area contributed by atoms with E-state index in [0.717, 1.165) is 12.8 Å². The third kappa shape index (κ3) is 2.45. The summed E-state index contributed by atoms with van der Waals surface area (Å²) in [5.74, 6) is 0.998. The van der Waals surface area contributed by atoms with Crippen molar-refractivity contribution in [3.63, 3.8) is 0 Å². The average molecular weight is 377 g/mol. The molecule has 0 spiro atoms. The third-order valence-corrected chi connectivity index (χ3v) is 5.32. The summed E-state index contributed by atoms with van der Waals surface area (Å²) in [4.78, 5) is 36.8. The van der Waals surface area contributed by atoms with Crippen LogP contribution in [-0.4, -0.2) is 30.2 Å². The third-order valence-electron chi connectivity index (χ3n) is 5.32. The molecule has 8 heteroatoms. The van der Waals surface area contributed by atoms with Gasteiger partial charge in [0.2, 0.25) is 0 Å². The summed E-state index contributed by atoms with van der Waals surface area (Å²) in [6.45, 7) is 4.10. The Kier molecular flexibility index (Phi) is 3.61. The van der Waals surface area contributed by atoms with E-state index in [2.05, 4.69) is 16.9 Å². The van der Waals surface area contributed by atoms with E-state index < -0.39 is 0 Å². The highest BCUT2D eigenvalue weighted by Gasteiger charge is 2.20. The first kappa shape index (κ1) is 16.7. The SMILES string of the molecule is C[C@H]1CC[C@H](C)n2ccc(=O)c3ccc(nc32)-n2c(=O)[nH]c3nccc(c32)O1. The van der Waals surface area contributed by atoms with Crippen LogP contribution in [0.1, 0.15) is 32.7 Å². The van der Waals surface area contributed by atoms with Crippen LogP contribution >= 0.6 is 0 Å². The molecule has 0 amide bonds. The molecule has 5 heterocycles. The van der Waals surface area contributed by atoms with Crippen LogP contribution in [0.15, 0.2) is 46.2 Å². The van der Waals surface area contributed by atoms with Gasteiger partial charge in [0.25, 0.3) is 0 Å². The standard InChI is InChI=1S/C20H19N5O3/c1-11-3-4-12(2)28-15-7-9-21-18-17(15)25(20(27)23-18)16-6-5-13-14(26)8-10-24(11)19(13)22-16/h5-12H,3-4H2,1-2H3,(H,21,23,27)/t11-,12-/m0/s1. The van der Waals surface area contributed by atoms with Gasteiger partial charge in [-0.15, -0.1) is 0 Å². The summed E-state index contributed by atoms with van der Waals surface area (Å²) in [5, 5.41) is 0.533. The number of hydrogen-bond acceptors (Lipinski definition) is 5. The van der Waals surface area contributed by atoms with Gasteiger partial charge in [-0.05, 0) is 38.8 Å². The van der Waals surface area contributed by atoms with E-state index in [-0.39, 0.29) is 23.3 Å². The Morgan fingerprint density at radius 3 is 2.86 bits per heavy atom. The Morgan fingerprint density at radius 1 is 1.14 bits per heavy atom. The fourth-order valence-electron chi connectivity index (χ4n) is 3.82. The molecule has 28 heavy (non-hydrogen) atoms. The lowest BCUT2D eigenvalue weighted by Gasteiger charge is -2.22. The van der Waals surface area contributed by atoms with Crippen LogP contribution in [-0.2, 0) is 0 Å². The molecule has 1 N–H and O–H groups in total. The molecule has 0 saturated heterocycles. The van der Waals surface area contributed by atoms with E-state index in [1.807, 2.05) is 11.5 Å². The van der Waals surface area contributed by atoms with E-state index >= 15 is 0 Å². The Labute approximate surface area is 159 Å². The van der Waals surface area contributed by atoms with Crippen LogP contribution in [0.5, 0.6) is 5.75 Å². The molecule has 142 valence electrons. The van der Waals surface area contributed by atoms with Gasteiger partial charge in [0.1, 0.15) is 22.7 Å². The van der Waals surface area contributed by atoms with Crippen molar-refractivity contribution < 1.29 is 4.74 Å². The lowest BCUT2D eigenvalue weighted by molar-refractivity contribution is 0.202. The maximum Gasteiger partial charge on any atom is 0.333 e. The number of ether oxygens (including phenoxy) is 1. The highest BCUT2D eigenvalue weighted by molar-refractivity contribution is 5.81. The Morgan fingerprint density at radius 2 is 2.00 bits per heavy atom. The van der Waals surface area contributed by atoms with Gasteiger partial charge in [0, 0.05) is 30.6 Å². The highest BCUT2D eigenvalue weighted by atomic mass is 16.5. The fourth-order valence-corrected chi connectivity index (χ4v) is 3.82. The van der Waals surface area contributed by atoms with Crippen molar-refractivity contribution in [3.05, 3.63) is 57.4 Å². The second kappa shape index (κ2) is 6.05. The van der Waals surface area contributed by atoms with Crippen LogP contribution in [0.2, 0.25) is 0 Å². The minimum Gasteiger partial charge on any atom is -0.488 e. The zero-order valence-corrected chi connectivity index (χ0v) is 15.5. The topological polar surface area (TPSA) is 94.8 Å². The number of rotatable bonds is 0. The largest absolute Gasteiger partial charge is 0.488 e. The predicted molar refractivity (Wildman–Crippen MR) is 105 cm³/mol. The normalized spacial score (nSPS) is 19.4. The van der Waals surface area contributed by atoms with E-state index in [0.29, 0.717) is 33.8 Å². The summed E-state index contributed by atoms with van der Waals surface area (Å²) in [6.07, 6.45) is 5.01. The molecular formula is C20H19N5O3. The summed E-state index contributed by atoms with van der Waals surface area (Å²) >= 11 is 0. The van der Waals surface area contributed by atoms with E-state index in [1.165, 1.54) is 4.57 Å². The zero-order valence-electron chi connectivity index (χ0n) is 15.5. The molecule has 8 nitrogen and oxygen atoms in total. The van der Waals surface area contributed by atoms with Crippen LogP contribution in [0.3, 0.4) is 0 Å². The molecular weight excluding hydrogens is 358 g/mol. The molecule has 4 aromatic heterocycles. The molecule has 1 aliphatic heterocycles. The maximum absolute atomic E-state index is 12.7. The number of aromatic nitrogens is 5. The van der Waals surface area contributed by atoms with Crippen molar-refractivity contribution in [1.82, 2.24) is 24.1 Å². The quantitative estimate of drug-likeness (QED) is 0.508. The number of nitrogens with one attached hydrogen (secondary N) is 1. The van der Waals surface area contributed by atoms with Gasteiger partial charge in [-0.25, -0.2) is 19.3 Å². The average Bonchev–Trinajstić information content (AvgIpc) is 3.02. The van der Waals surface area contributed by atoms with Crippen LogP contribution in [0.25, 0.3) is 28.0 Å². The second-order valence-electron chi connectivity index (χ2n) is 7.25. The van der Waals surface area contributed by atoms with Gasteiger partial charge in [-0.2, -0.15) is 0 Å². The van der Waals surface area contributed by atoms with Gasteiger partial charge >= 0.3 is 5.69 Å². The van der Waals surface area contributed by atoms with Crippen molar-refractivity contribution in [1.29, 1.82) is 0 Å². The second-order valence-corrected chi connectivity index (χ2v) is 7.25. The molecule has 5 rings (SSSR count). The minimum absolute atomic E-state index is 0.0490. The molecule has 0 unspecified atom stereocenters. The van der Waals surface area contributed by atoms with Crippen molar-refractivity contribution in [2.45, 2.75) is 38.8 Å². The summed E-state index contributed by atoms with van der Waals surface area (Å²) in [5.41, 5.74) is 1.11. The first-order chi connectivity index (χ1) is 13.5. The first-order valence-corrected chi connectivity index (χ1v) is 9.31. The number of pyridine rings is 3. The molecule has 0 saturated carbocycles. The monoisotopic (exact) mass is 377 g/mol. The number of hydrogen-bond donors (Lipinski definition) is 1. The molecule has 0 aliphatic carbocycles. The fraction of sp³-hybridized carbons (Fsp3) is 0.300. The number of fused-ring (bicyclic) bond motifs is 2. The Hall–Kier alpha value is -3.42. The van der Waals surface area contributed by atoms with Gasteiger partial charge < -0.3 is 9.30 Å². The number of aromatic amines is 1. The first-order valence-electron chi connectivity index (χ1n) is 9.31. The van der Waals surface area contributed by atoms with E-state index in [4.69, 9.17) is 9.72 Å². The van der Waals surface area contributed by atoms with Crippen molar-refractivity contribution in [3.8, 4) is 11.6 Å². The smallest absolute Gasteiger partial charge is 0.333 e. The van der Waals surface area contributed by atoms with Gasteiger partial charge in [-0.3, -0.25) is 9.78 Å². The summed E-state index contributed by atoms with van der Waals surface area (Å²) in [6, 6.07) is 6.84. The van der Waals surface area contributed by atoms with Crippen molar-refractivity contribution in [2.75, 3.05) is 0 Å². The highest BCUT2D eigenvalue weighted by Crippen LogP contribution is 2.28. The molecule has 4 aromatic rings. The predicted octanol–water partition coefficient (Wildman–Crippen LogP) is 2.55. The molecule has 2 bridgehead atoms. The van der Waals surface area contributed by atoms with Crippen LogP contribution in [0.4, 0.5) is 0 Å². The van der Waals surface area contributed by atoms with E-state index in [9.17, 15) is 9.59 Å². The van der Waals surface area contributed by atoms with E-state index in [1.54, 1.807) is 36.7 Å². The van der Waals surface area contributed by atoms with Gasteiger partial charge in [0.05, 0.1) is 11.5 Å². The van der Waals surface area contributed by atoms with Gasteiger partial charge in [0.15, 0.2) is 11.1 Å². The molecule has 0 radical (unpaired) electrons. The summed E-state index contributed by atoms with van der Waals surface area (Å²) < 4.78 is 9.61.